The van der Waals surface area contributed by atoms with Crippen LogP contribution in [0.25, 0.3) is 10.8 Å². The predicted octanol–water partition coefficient (Wildman–Crippen LogP) is 7.50. The Balaban J connectivity index is 1.41. The molecule has 0 spiro atoms. The molecular formula is C41H50N3O9S3+. The monoisotopic (exact) mass is 824 g/mol. The second kappa shape index (κ2) is 14.1. The second-order valence-electron chi connectivity index (χ2n) is 16.5. The third kappa shape index (κ3) is 7.57. The van der Waals surface area contributed by atoms with Crippen molar-refractivity contribution in [3.05, 3.63) is 94.7 Å². The SMILES string of the molecule is CC1=Nc2c(c(C)cc3c2C(C)(C)\C(=C/C=C/C=C/C2=[N+](CCCS(=O)(=O)O)c4ccc5ccc(S(=O)(=O)O)cc5c4C2(C)C)N3CCCS(=O)(=O)O)C1(C)C. The van der Waals surface area contributed by atoms with E-state index in [2.05, 4.69) is 45.6 Å². The Kier molecular flexibility index (Phi) is 10.5. The number of allylic oxidation sites excluding steroid dienone is 6. The number of nitrogens with zero attached hydrogens (tertiary/aromatic N) is 3. The van der Waals surface area contributed by atoms with Gasteiger partial charge in [-0.05, 0) is 86.4 Å². The van der Waals surface area contributed by atoms with Gasteiger partial charge in [0.25, 0.3) is 30.4 Å². The average Bonchev–Trinajstić information content (AvgIpc) is 3.52. The Morgan fingerprint density at radius 3 is 2.04 bits per heavy atom. The number of aryl methyl sites for hydroxylation is 1. The third-order valence-corrected chi connectivity index (χ3v) is 14.0. The summed E-state index contributed by atoms with van der Waals surface area (Å²) in [5, 5.41) is 1.40. The van der Waals surface area contributed by atoms with E-state index in [0.717, 1.165) is 56.3 Å². The van der Waals surface area contributed by atoms with E-state index in [1.807, 2.05) is 67.9 Å². The molecule has 0 saturated heterocycles. The van der Waals surface area contributed by atoms with Crippen LogP contribution < -0.4 is 4.90 Å². The summed E-state index contributed by atoms with van der Waals surface area (Å²) in [6.07, 6.45) is 9.92. The molecule has 3 aromatic rings. The fourth-order valence-electron chi connectivity index (χ4n) is 8.77. The number of aliphatic imine (C=N–C) groups is 1. The highest BCUT2D eigenvalue weighted by molar-refractivity contribution is 7.86. The normalized spacial score (nSPS) is 19.4. The van der Waals surface area contributed by atoms with Crippen molar-refractivity contribution in [2.24, 2.45) is 4.99 Å². The Hall–Kier alpha value is -3.99. The molecule has 0 aromatic heterocycles. The summed E-state index contributed by atoms with van der Waals surface area (Å²) in [6.45, 7) is 17.3. The Morgan fingerprint density at radius 2 is 1.39 bits per heavy atom. The Labute approximate surface area is 330 Å². The second-order valence-corrected chi connectivity index (χ2v) is 21.0. The first kappa shape index (κ1) is 41.6. The molecule has 0 unspecified atom stereocenters. The summed E-state index contributed by atoms with van der Waals surface area (Å²) in [4.78, 5) is 6.97. The van der Waals surface area contributed by atoms with Crippen LogP contribution in [0.15, 0.2) is 82.4 Å². The van der Waals surface area contributed by atoms with Gasteiger partial charge in [0.05, 0.1) is 27.5 Å². The first-order valence-electron chi connectivity index (χ1n) is 18.4. The maximum Gasteiger partial charge on any atom is 0.294 e. The van der Waals surface area contributed by atoms with Crippen molar-refractivity contribution in [3.8, 4) is 0 Å². The molecule has 0 fully saturated rings. The van der Waals surface area contributed by atoms with Crippen molar-refractivity contribution in [3.63, 3.8) is 0 Å². The Bertz CT molecular complexity index is 2670. The molecular weight excluding hydrogens is 775 g/mol. The standard InChI is InChI=1S/C41H49N3O9S3/c1-26-24-32-37(38-35(26)39(3,4)27(2)42-38)41(7,8)34(44(32)21-13-23-55(48,49)50)15-11-9-10-14-33-40(5,6)36-30-25-29(56(51,52)53)18-16-28(30)17-19-31(36)43(33)20-12-22-54(45,46)47/h9-11,14-19,24-25H,12-13,20-23H2,1-8H3,(H2-,45,46,47,48,49,50,51,52,53)/p+1. The van der Waals surface area contributed by atoms with Crippen LogP contribution in [0.4, 0.5) is 17.1 Å². The largest absolute Gasteiger partial charge is 0.344 e. The number of fused-ring (bicyclic) bond motifs is 6. The third-order valence-electron chi connectivity index (χ3n) is 11.5. The highest BCUT2D eigenvalue weighted by Crippen LogP contribution is 2.57. The Morgan fingerprint density at radius 1 is 0.750 bits per heavy atom. The lowest BCUT2D eigenvalue weighted by Crippen LogP contribution is -2.28. The molecule has 6 rings (SSSR count). The molecule has 3 aliphatic rings. The lowest BCUT2D eigenvalue weighted by atomic mass is 9.75. The molecule has 3 N–H and O–H groups in total. The van der Waals surface area contributed by atoms with E-state index >= 15 is 0 Å². The fourth-order valence-corrected chi connectivity index (χ4v) is 10.3. The molecule has 12 nitrogen and oxygen atoms in total. The van der Waals surface area contributed by atoms with Crippen LogP contribution in [0.5, 0.6) is 0 Å². The van der Waals surface area contributed by atoms with E-state index in [4.69, 9.17) is 4.99 Å². The maximum atomic E-state index is 12.1. The van der Waals surface area contributed by atoms with Gasteiger partial charge in [-0.1, -0.05) is 52.0 Å². The number of anilines is 1. The van der Waals surface area contributed by atoms with Crippen molar-refractivity contribution >= 4 is 69.6 Å². The quantitative estimate of drug-likeness (QED) is 0.0940. The highest BCUT2D eigenvalue weighted by Gasteiger charge is 2.47. The van der Waals surface area contributed by atoms with E-state index in [9.17, 15) is 38.9 Å². The van der Waals surface area contributed by atoms with Crippen LogP contribution in [-0.4, -0.2) is 79.5 Å². The minimum Gasteiger partial charge on any atom is -0.344 e. The lowest BCUT2D eigenvalue weighted by molar-refractivity contribution is -0.437. The first-order chi connectivity index (χ1) is 25.8. The molecule has 0 amide bonds. The smallest absolute Gasteiger partial charge is 0.294 e. The van der Waals surface area contributed by atoms with Gasteiger partial charge < -0.3 is 4.90 Å². The maximum absolute atomic E-state index is 12.1. The average molecular weight is 825 g/mol. The van der Waals surface area contributed by atoms with Gasteiger partial charge >= 0.3 is 0 Å². The zero-order valence-electron chi connectivity index (χ0n) is 33.0. The van der Waals surface area contributed by atoms with E-state index < -0.39 is 46.9 Å². The van der Waals surface area contributed by atoms with Crippen molar-refractivity contribution in [1.29, 1.82) is 0 Å². The molecule has 3 aromatic carbocycles. The highest BCUT2D eigenvalue weighted by atomic mass is 32.2. The zero-order valence-corrected chi connectivity index (χ0v) is 35.4. The molecule has 15 heteroatoms. The fraction of sp³-hybridized carbons (Fsp3) is 0.415. The molecule has 0 saturated carbocycles. The van der Waals surface area contributed by atoms with E-state index in [0.29, 0.717) is 11.9 Å². The first-order valence-corrected chi connectivity index (χ1v) is 23.1. The minimum absolute atomic E-state index is 0.129. The molecule has 300 valence electrons. The van der Waals surface area contributed by atoms with Gasteiger partial charge in [-0.2, -0.15) is 29.8 Å². The molecule has 0 radical (unpaired) electrons. The number of hydrogen-bond donors (Lipinski definition) is 3. The summed E-state index contributed by atoms with van der Waals surface area (Å²) in [7, 11) is -12.8. The van der Waals surface area contributed by atoms with E-state index in [1.165, 1.54) is 17.7 Å². The lowest BCUT2D eigenvalue weighted by Gasteiger charge is -2.27. The zero-order chi connectivity index (χ0) is 41.4. The predicted molar refractivity (Wildman–Crippen MR) is 222 cm³/mol. The summed E-state index contributed by atoms with van der Waals surface area (Å²) >= 11 is 0. The minimum atomic E-state index is -4.48. The van der Waals surface area contributed by atoms with Crippen LogP contribution >= 0.6 is 0 Å². The van der Waals surface area contributed by atoms with Crippen LogP contribution in [-0.2, 0) is 46.6 Å². The van der Waals surface area contributed by atoms with Crippen LogP contribution in [0.1, 0.15) is 83.6 Å². The van der Waals surface area contributed by atoms with Crippen LogP contribution in [0, 0.1) is 6.92 Å². The summed E-state index contributed by atoms with van der Waals surface area (Å²) < 4.78 is 102. The molecule has 0 atom stereocenters. The molecule has 0 bridgehead atoms. The van der Waals surface area contributed by atoms with E-state index in [-0.39, 0.29) is 35.4 Å². The van der Waals surface area contributed by atoms with E-state index in [1.54, 1.807) is 6.07 Å². The molecule has 3 heterocycles. The van der Waals surface area contributed by atoms with Gasteiger partial charge in [-0.15, -0.1) is 0 Å². The van der Waals surface area contributed by atoms with Crippen LogP contribution in [0.2, 0.25) is 0 Å². The van der Waals surface area contributed by atoms with Crippen molar-refractivity contribution < 1.29 is 43.5 Å². The van der Waals surface area contributed by atoms with Gasteiger partial charge in [0, 0.05) is 64.2 Å². The van der Waals surface area contributed by atoms with Gasteiger partial charge in [0.2, 0.25) is 5.69 Å². The topological polar surface area (TPSA) is 182 Å². The summed E-state index contributed by atoms with van der Waals surface area (Å²) in [5.41, 5.74) is 8.13. The van der Waals surface area contributed by atoms with Crippen LogP contribution in [0.3, 0.4) is 0 Å². The van der Waals surface area contributed by atoms with Gasteiger partial charge in [-0.25, -0.2) is 0 Å². The van der Waals surface area contributed by atoms with Crippen molar-refractivity contribution in [1.82, 2.24) is 0 Å². The van der Waals surface area contributed by atoms with Crippen molar-refractivity contribution in [2.45, 2.75) is 89.4 Å². The van der Waals surface area contributed by atoms with Gasteiger partial charge in [0.1, 0.15) is 6.54 Å². The van der Waals surface area contributed by atoms with Gasteiger partial charge in [-0.3, -0.25) is 18.7 Å². The van der Waals surface area contributed by atoms with Gasteiger partial charge in [0.15, 0.2) is 5.71 Å². The summed E-state index contributed by atoms with van der Waals surface area (Å²) in [6, 6.07) is 10.3. The molecule has 56 heavy (non-hydrogen) atoms. The molecule has 0 aliphatic carbocycles. The summed E-state index contributed by atoms with van der Waals surface area (Å²) in [5.74, 6) is -0.808. The number of benzene rings is 3. The number of hydrogen-bond acceptors (Lipinski definition) is 8. The van der Waals surface area contributed by atoms with Crippen molar-refractivity contribution in [2.75, 3.05) is 29.5 Å². The molecule has 3 aliphatic heterocycles. The number of rotatable bonds is 12.